The molecule has 0 radical (unpaired) electrons. The van der Waals surface area contributed by atoms with Crippen molar-refractivity contribution in [2.75, 3.05) is 32.8 Å². The highest BCUT2D eigenvalue weighted by Gasteiger charge is 2.31. The Hall–Kier alpha value is -3.06. The van der Waals surface area contributed by atoms with E-state index in [-0.39, 0.29) is 18.6 Å². The van der Waals surface area contributed by atoms with Gasteiger partial charge in [0.25, 0.3) is 0 Å². The number of carbonyl (C=O) groups excluding carboxylic acids is 2. The number of hydrogen-bond acceptors (Lipinski definition) is 5. The Labute approximate surface area is 182 Å². The van der Waals surface area contributed by atoms with Crippen molar-refractivity contribution in [2.45, 2.75) is 32.3 Å². The molecule has 31 heavy (non-hydrogen) atoms. The summed E-state index contributed by atoms with van der Waals surface area (Å²) >= 11 is 0. The molecule has 0 aromatic heterocycles. The predicted molar refractivity (Wildman–Crippen MR) is 118 cm³/mol. The summed E-state index contributed by atoms with van der Waals surface area (Å²) < 4.78 is 11.1. The molecule has 2 aromatic rings. The molecule has 2 aliphatic rings. The van der Waals surface area contributed by atoms with E-state index in [0.717, 1.165) is 0 Å². The molecule has 7 heteroatoms. The molecule has 2 aromatic carbocycles. The number of hydrazine groups is 1. The van der Waals surface area contributed by atoms with E-state index < -0.39 is 11.7 Å². The fraction of sp³-hybridized carbons (Fsp3) is 0.417. The van der Waals surface area contributed by atoms with Gasteiger partial charge in [0.1, 0.15) is 12.2 Å². The smallest absolute Gasteiger partial charge is 0.424 e. The van der Waals surface area contributed by atoms with E-state index in [1.807, 2.05) is 45.0 Å². The summed E-state index contributed by atoms with van der Waals surface area (Å²) in [6.45, 7) is 7.37. The largest absolute Gasteiger partial charge is 0.448 e. The first-order chi connectivity index (χ1) is 14.8. The molecule has 0 atom stereocenters. The van der Waals surface area contributed by atoms with Gasteiger partial charge in [-0.1, -0.05) is 48.5 Å². The summed E-state index contributed by atoms with van der Waals surface area (Å²) in [6.07, 6.45) is -0.809. The molecular formula is C24H29N3O4. The first-order valence-corrected chi connectivity index (χ1v) is 10.7. The molecule has 1 heterocycles. The molecule has 7 nitrogen and oxygen atoms in total. The Balaban J connectivity index is 1.37. The first kappa shape index (κ1) is 21.2. The van der Waals surface area contributed by atoms with Crippen molar-refractivity contribution in [2.24, 2.45) is 0 Å². The Morgan fingerprint density at radius 2 is 1.55 bits per heavy atom. The quantitative estimate of drug-likeness (QED) is 0.791. The Morgan fingerprint density at radius 1 is 0.935 bits per heavy atom. The van der Waals surface area contributed by atoms with Crippen LogP contribution in [0.2, 0.25) is 0 Å². The lowest BCUT2D eigenvalue weighted by molar-refractivity contribution is 0.0154. The Bertz CT molecular complexity index is 924. The summed E-state index contributed by atoms with van der Waals surface area (Å²) in [7, 11) is 0. The molecule has 1 saturated heterocycles. The SMILES string of the molecule is CC(C)(C)OC(=O)N1CCN(C(=O)OCC2c3ccccc3-c3ccccc32)CCN1. The van der Waals surface area contributed by atoms with Gasteiger partial charge in [0, 0.05) is 25.6 Å². The third-order valence-electron chi connectivity index (χ3n) is 5.49. The topological polar surface area (TPSA) is 71.1 Å². The van der Waals surface area contributed by atoms with E-state index >= 15 is 0 Å². The summed E-state index contributed by atoms with van der Waals surface area (Å²) in [5.74, 6) is 0.0275. The monoisotopic (exact) mass is 423 g/mol. The van der Waals surface area contributed by atoms with E-state index in [2.05, 4.69) is 29.7 Å². The molecule has 164 valence electrons. The third-order valence-corrected chi connectivity index (χ3v) is 5.49. The second kappa shape index (κ2) is 8.59. The zero-order valence-corrected chi connectivity index (χ0v) is 18.3. The van der Waals surface area contributed by atoms with Gasteiger partial charge in [-0.25, -0.2) is 20.0 Å². The molecule has 0 unspecified atom stereocenters. The number of ether oxygens (including phenoxy) is 2. The maximum absolute atomic E-state index is 12.8. The highest BCUT2D eigenvalue weighted by molar-refractivity contribution is 5.79. The zero-order chi connectivity index (χ0) is 22.0. The normalized spacial score (nSPS) is 16.4. The maximum Gasteiger partial charge on any atom is 0.424 e. The highest BCUT2D eigenvalue weighted by Crippen LogP contribution is 2.44. The summed E-state index contributed by atoms with van der Waals surface area (Å²) in [6, 6.07) is 16.5. The minimum absolute atomic E-state index is 0.0275. The van der Waals surface area contributed by atoms with Crippen molar-refractivity contribution >= 4 is 12.2 Å². The Morgan fingerprint density at radius 3 is 2.16 bits per heavy atom. The lowest BCUT2D eigenvalue weighted by atomic mass is 9.98. The molecule has 1 fully saturated rings. The van der Waals surface area contributed by atoms with Crippen molar-refractivity contribution in [1.82, 2.24) is 15.3 Å². The van der Waals surface area contributed by atoms with Gasteiger partial charge in [-0.05, 0) is 43.0 Å². The fourth-order valence-corrected chi connectivity index (χ4v) is 4.07. The molecule has 0 bridgehead atoms. The van der Waals surface area contributed by atoms with Crippen LogP contribution in [-0.4, -0.2) is 60.5 Å². The van der Waals surface area contributed by atoms with Crippen molar-refractivity contribution in [1.29, 1.82) is 0 Å². The predicted octanol–water partition coefficient (Wildman–Crippen LogP) is 3.99. The number of amides is 2. The molecule has 4 rings (SSSR count). The molecule has 2 amide bonds. The van der Waals surface area contributed by atoms with Crippen LogP contribution in [-0.2, 0) is 9.47 Å². The molecular weight excluding hydrogens is 394 g/mol. The van der Waals surface area contributed by atoms with Crippen molar-refractivity contribution in [3.63, 3.8) is 0 Å². The van der Waals surface area contributed by atoms with Crippen LogP contribution in [0.15, 0.2) is 48.5 Å². The van der Waals surface area contributed by atoms with Gasteiger partial charge in [0.2, 0.25) is 0 Å². The number of fused-ring (bicyclic) bond motifs is 3. The standard InChI is InChI=1S/C24H29N3O4/c1-24(2,3)31-23(29)27-15-14-26(13-12-25-27)22(28)30-16-21-19-10-6-4-8-17(19)18-9-5-7-11-20(18)21/h4-11,21,25H,12-16H2,1-3H3. The van der Waals surface area contributed by atoms with Crippen LogP contribution in [0, 0.1) is 0 Å². The maximum atomic E-state index is 12.8. The number of hydrogen-bond donors (Lipinski definition) is 1. The molecule has 1 N–H and O–H groups in total. The van der Waals surface area contributed by atoms with Gasteiger partial charge in [0.05, 0.1) is 6.54 Å². The van der Waals surface area contributed by atoms with E-state index in [4.69, 9.17) is 9.47 Å². The van der Waals surface area contributed by atoms with Gasteiger partial charge in [-0.3, -0.25) is 0 Å². The van der Waals surface area contributed by atoms with E-state index in [9.17, 15) is 9.59 Å². The second-order valence-corrected chi connectivity index (χ2v) is 8.83. The highest BCUT2D eigenvalue weighted by atomic mass is 16.6. The number of carbonyl (C=O) groups is 2. The van der Waals surface area contributed by atoms with Crippen LogP contribution in [0.25, 0.3) is 11.1 Å². The summed E-state index contributed by atoms with van der Waals surface area (Å²) in [4.78, 5) is 26.7. The van der Waals surface area contributed by atoms with Crippen LogP contribution >= 0.6 is 0 Å². The van der Waals surface area contributed by atoms with Crippen molar-refractivity contribution < 1.29 is 19.1 Å². The molecule has 0 spiro atoms. The minimum atomic E-state index is -0.572. The number of nitrogens with one attached hydrogen (secondary N) is 1. The average molecular weight is 424 g/mol. The first-order valence-electron chi connectivity index (χ1n) is 10.7. The van der Waals surface area contributed by atoms with Crippen LogP contribution < -0.4 is 5.43 Å². The van der Waals surface area contributed by atoms with Crippen LogP contribution in [0.4, 0.5) is 9.59 Å². The second-order valence-electron chi connectivity index (χ2n) is 8.83. The van der Waals surface area contributed by atoms with Gasteiger partial charge >= 0.3 is 12.2 Å². The summed E-state index contributed by atoms with van der Waals surface area (Å²) in [5.41, 5.74) is 7.22. The molecule has 1 aliphatic carbocycles. The van der Waals surface area contributed by atoms with Crippen molar-refractivity contribution in [3.8, 4) is 11.1 Å². The average Bonchev–Trinajstić information content (AvgIpc) is 2.87. The summed E-state index contributed by atoms with van der Waals surface area (Å²) in [5, 5.41) is 1.42. The minimum Gasteiger partial charge on any atom is -0.448 e. The van der Waals surface area contributed by atoms with Gasteiger partial charge in [0.15, 0.2) is 0 Å². The number of benzene rings is 2. The lowest BCUT2D eigenvalue weighted by Gasteiger charge is -2.26. The van der Waals surface area contributed by atoms with Gasteiger partial charge < -0.3 is 14.4 Å². The van der Waals surface area contributed by atoms with Crippen LogP contribution in [0.1, 0.15) is 37.8 Å². The van der Waals surface area contributed by atoms with Gasteiger partial charge in [-0.2, -0.15) is 0 Å². The van der Waals surface area contributed by atoms with Gasteiger partial charge in [-0.15, -0.1) is 0 Å². The van der Waals surface area contributed by atoms with Crippen LogP contribution in [0.5, 0.6) is 0 Å². The van der Waals surface area contributed by atoms with E-state index in [1.54, 1.807) is 4.90 Å². The van der Waals surface area contributed by atoms with Crippen molar-refractivity contribution in [3.05, 3.63) is 59.7 Å². The number of nitrogens with zero attached hydrogens (tertiary/aromatic N) is 2. The molecule has 0 saturated carbocycles. The Kier molecular flexibility index (Phi) is 5.87. The lowest BCUT2D eigenvalue weighted by Crippen LogP contribution is -2.46. The van der Waals surface area contributed by atoms with Crippen LogP contribution in [0.3, 0.4) is 0 Å². The zero-order valence-electron chi connectivity index (χ0n) is 18.3. The third kappa shape index (κ3) is 4.66. The number of rotatable bonds is 2. The van der Waals surface area contributed by atoms with E-state index in [0.29, 0.717) is 26.2 Å². The molecule has 1 aliphatic heterocycles. The van der Waals surface area contributed by atoms with E-state index in [1.165, 1.54) is 27.3 Å². The fourth-order valence-electron chi connectivity index (χ4n) is 4.07.